The molecule has 1 aliphatic rings. The molecule has 13 nitrogen and oxygen atoms in total. The van der Waals surface area contributed by atoms with E-state index in [1.807, 2.05) is 0 Å². The van der Waals surface area contributed by atoms with Crippen molar-refractivity contribution in [2.24, 2.45) is 5.10 Å². The van der Waals surface area contributed by atoms with Crippen molar-refractivity contribution < 1.29 is 19.3 Å². The van der Waals surface area contributed by atoms with Crippen molar-refractivity contribution in [3.63, 3.8) is 0 Å². The standard InChI is InChI=1S/C18H19N9O4.ClH/c19-15-16(24-31-23-15)27-14(13(21-25-27)10-26-7-3-4-8-26)17(28)22-20-9-11-5-1-2-6-12(11)18(29)30;/h1-2,5-6,9H,3-4,7-8,10H2,(H2,19,23)(H,22,28)(H,29,30);1H/b20-9+;. The Balaban J connectivity index is 0.00000289. The number of aromatic carboxylic acids is 1. The summed E-state index contributed by atoms with van der Waals surface area (Å²) in [6.45, 7) is 2.21. The molecule has 0 unspecified atom stereocenters. The molecule has 1 fully saturated rings. The van der Waals surface area contributed by atoms with E-state index in [1.165, 1.54) is 12.3 Å². The summed E-state index contributed by atoms with van der Waals surface area (Å²) in [5.41, 5.74) is 9.03. The number of nitrogens with zero attached hydrogens (tertiary/aromatic N) is 7. The van der Waals surface area contributed by atoms with Crippen LogP contribution in [0.4, 0.5) is 5.82 Å². The molecule has 1 aliphatic heterocycles. The first-order valence-electron chi connectivity index (χ1n) is 9.45. The summed E-state index contributed by atoms with van der Waals surface area (Å²) in [6, 6.07) is 6.29. The zero-order chi connectivity index (χ0) is 21.8. The van der Waals surface area contributed by atoms with E-state index >= 15 is 0 Å². The van der Waals surface area contributed by atoms with Crippen LogP contribution < -0.4 is 11.2 Å². The van der Waals surface area contributed by atoms with Crippen LogP contribution in [0.15, 0.2) is 34.0 Å². The van der Waals surface area contributed by atoms with Crippen LogP contribution in [0.3, 0.4) is 0 Å². The van der Waals surface area contributed by atoms with E-state index in [4.69, 9.17) is 5.73 Å². The highest BCUT2D eigenvalue weighted by Crippen LogP contribution is 2.19. The van der Waals surface area contributed by atoms with E-state index in [0.29, 0.717) is 17.8 Å². The molecule has 0 atom stereocenters. The number of carbonyl (C=O) groups is 2. The minimum atomic E-state index is -1.10. The lowest BCUT2D eigenvalue weighted by atomic mass is 10.1. The van der Waals surface area contributed by atoms with Crippen LogP contribution in [-0.4, -0.2) is 66.5 Å². The minimum Gasteiger partial charge on any atom is -0.478 e. The number of benzene rings is 1. The number of rotatable bonds is 7. The Hall–Kier alpha value is -3.84. The number of hydrogen-bond donors (Lipinski definition) is 3. The third-order valence-electron chi connectivity index (χ3n) is 4.78. The van der Waals surface area contributed by atoms with Crippen molar-refractivity contribution in [1.29, 1.82) is 0 Å². The van der Waals surface area contributed by atoms with Gasteiger partial charge >= 0.3 is 5.97 Å². The third kappa shape index (κ3) is 4.73. The molecule has 2 aromatic heterocycles. The average Bonchev–Trinajstić information content (AvgIpc) is 3.50. The number of likely N-dealkylation sites (tertiary alicyclic amines) is 1. The molecular formula is C18H20ClN9O4. The van der Waals surface area contributed by atoms with E-state index in [1.54, 1.807) is 18.2 Å². The van der Waals surface area contributed by atoms with Gasteiger partial charge in [-0.1, -0.05) is 23.4 Å². The molecule has 32 heavy (non-hydrogen) atoms. The van der Waals surface area contributed by atoms with Gasteiger partial charge in [0.05, 0.1) is 11.8 Å². The lowest BCUT2D eigenvalue weighted by molar-refractivity contribution is 0.0696. The summed E-state index contributed by atoms with van der Waals surface area (Å²) in [6.07, 6.45) is 3.40. The lowest BCUT2D eigenvalue weighted by Gasteiger charge is -2.13. The van der Waals surface area contributed by atoms with Gasteiger partial charge in [-0.3, -0.25) is 9.69 Å². The fourth-order valence-corrected chi connectivity index (χ4v) is 3.30. The SMILES string of the molecule is Cl.Nc1nonc1-n1nnc(CN2CCCC2)c1C(=O)N/N=C/c1ccccc1C(=O)O. The van der Waals surface area contributed by atoms with E-state index in [-0.39, 0.29) is 35.3 Å². The maximum Gasteiger partial charge on any atom is 0.336 e. The number of hydrazone groups is 1. The second-order valence-corrected chi connectivity index (χ2v) is 6.84. The molecule has 0 spiro atoms. The average molecular weight is 462 g/mol. The summed E-state index contributed by atoms with van der Waals surface area (Å²) >= 11 is 0. The molecule has 3 heterocycles. The number of nitrogens with two attached hydrogens (primary N) is 1. The molecule has 0 saturated carbocycles. The highest BCUT2D eigenvalue weighted by atomic mass is 35.5. The molecule has 1 amide bonds. The summed E-state index contributed by atoms with van der Waals surface area (Å²) in [4.78, 5) is 26.4. The van der Waals surface area contributed by atoms with Gasteiger partial charge in [0, 0.05) is 12.1 Å². The summed E-state index contributed by atoms with van der Waals surface area (Å²) in [5.74, 6) is -1.74. The number of carboxylic acid groups (broad SMARTS) is 1. The molecule has 4 rings (SSSR count). The van der Waals surface area contributed by atoms with Crippen molar-refractivity contribution in [3.05, 3.63) is 46.8 Å². The van der Waals surface area contributed by atoms with Gasteiger partial charge in [-0.05, 0) is 42.3 Å². The number of halogens is 1. The molecule has 0 bridgehead atoms. The number of amides is 1. The van der Waals surface area contributed by atoms with Gasteiger partial charge in [0.1, 0.15) is 5.69 Å². The van der Waals surface area contributed by atoms with Crippen LogP contribution in [0, 0.1) is 0 Å². The second kappa shape index (κ2) is 9.98. The van der Waals surface area contributed by atoms with Gasteiger partial charge in [-0.2, -0.15) is 9.78 Å². The maximum absolute atomic E-state index is 13.0. The van der Waals surface area contributed by atoms with Crippen molar-refractivity contribution >= 4 is 36.3 Å². The van der Waals surface area contributed by atoms with E-state index < -0.39 is 11.9 Å². The number of nitrogens with one attached hydrogen (secondary N) is 1. The Bertz CT molecular complexity index is 1140. The Kier molecular flexibility index (Phi) is 7.12. The first-order valence-corrected chi connectivity index (χ1v) is 9.45. The zero-order valence-corrected chi connectivity index (χ0v) is 17.5. The Morgan fingerprint density at radius 2 is 2.00 bits per heavy atom. The quantitative estimate of drug-likeness (QED) is 0.335. The Morgan fingerprint density at radius 3 is 2.69 bits per heavy atom. The predicted molar refractivity (Wildman–Crippen MR) is 114 cm³/mol. The number of carbonyl (C=O) groups excluding carboxylic acids is 1. The minimum absolute atomic E-state index is 0. The largest absolute Gasteiger partial charge is 0.478 e. The summed E-state index contributed by atoms with van der Waals surface area (Å²) in [5, 5.41) is 28.5. The molecule has 0 aliphatic carbocycles. The van der Waals surface area contributed by atoms with Gasteiger partial charge < -0.3 is 10.8 Å². The number of nitrogen functional groups attached to an aromatic ring is 1. The first-order chi connectivity index (χ1) is 15.0. The van der Waals surface area contributed by atoms with Crippen LogP contribution >= 0.6 is 12.4 Å². The van der Waals surface area contributed by atoms with Gasteiger partial charge in [0.15, 0.2) is 5.69 Å². The highest BCUT2D eigenvalue weighted by Gasteiger charge is 2.26. The lowest BCUT2D eigenvalue weighted by Crippen LogP contribution is -2.26. The Morgan fingerprint density at radius 1 is 1.25 bits per heavy atom. The topological polar surface area (TPSA) is 178 Å². The first kappa shape index (κ1) is 22.8. The van der Waals surface area contributed by atoms with Crippen LogP contribution in [0.25, 0.3) is 5.82 Å². The monoisotopic (exact) mass is 461 g/mol. The number of hydrogen-bond acceptors (Lipinski definition) is 10. The van der Waals surface area contributed by atoms with E-state index in [2.05, 4.69) is 40.7 Å². The summed E-state index contributed by atoms with van der Waals surface area (Å²) in [7, 11) is 0. The number of aromatic nitrogens is 5. The van der Waals surface area contributed by atoms with Crippen molar-refractivity contribution in [2.75, 3.05) is 18.8 Å². The smallest absolute Gasteiger partial charge is 0.336 e. The molecular weight excluding hydrogens is 442 g/mol. The zero-order valence-electron chi connectivity index (χ0n) is 16.7. The molecule has 1 aromatic carbocycles. The second-order valence-electron chi connectivity index (χ2n) is 6.84. The van der Waals surface area contributed by atoms with Crippen molar-refractivity contribution in [2.45, 2.75) is 19.4 Å². The molecule has 0 radical (unpaired) electrons. The normalized spacial score (nSPS) is 13.9. The number of anilines is 1. The molecule has 14 heteroatoms. The van der Waals surface area contributed by atoms with E-state index in [9.17, 15) is 14.7 Å². The molecule has 1 saturated heterocycles. The van der Waals surface area contributed by atoms with Gasteiger partial charge in [-0.25, -0.2) is 14.8 Å². The maximum atomic E-state index is 13.0. The Labute approximate surface area is 187 Å². The van der Waals surface area contributed by atoms with Gasteiger partial charge in [-0.15, -0.1) is 17.5 Å². The van der Waals surface area contributed by atoms with Gasteiger partial charge in [0.25, 0.3) is 5.91 Å². The molecule has 4 N–H and O–H groups in total. The van der Waals surface area contributed by atoms with Crippen LogP contribution in [0.2, 0.25) is 0 Å². The number of carboxylic acids is 1. The van der Waals surface area contributed by atoms with Crippen LogP contribution in [-0.2, 0) is 6.54 Å². The fraction of sp³-hybridized carbons (Fsp3) is 0.278. The fourth-order valence-electron chi connectivity index (χ4n) is 3.30. The van der Waals surface area contributed by atoms with Crippen molar-refractivity contribution in [1.82, 2.24) is 35.6 Å². The predicted octanol–water partition coefficient (Wildman–Crippen LogP) is 0.712. The molecule has 3 aromatic rings. The van der Waals surface area contributed by atoms with Gasteiger partial charge in [0.2, 0.25) is 11.6 Å². The van der Waals surface area contributed by atoms with Crippen molar-refractivity contribution in [3.8, 4) is 5.82 Å². The van der Waals surface area contributed by atoms with Crippen LogP contribution in [0.1, 0.15) is 44.9 Å². The third-order valence-corrected chi connectivity index (χ3v) is 4.78. The van der Waals surface area contributed by atoms with Crippen LogP contribution in [0.5, 0.6) is 0 Å². The molecule has 168 valence electrons. The van der Waals surface area contributed by atoms with E-state index in [0.717, 1.165) is 30.6 Å². The summed E-state index contributed by atoms with van der Waals surface area (Å²) < 4.78 is 5.76. The highest BCUT2D eigenvalue weighted by molar-refractivity contribution is 5.99.